The lowest BCUT2D eigenvalue weighted by Gasteiger charge is -2.30. The molecule has 6 nitrogen and oxygen atoms in total. The molecule has 0 atom stereocenters. The van der Waals surface area contributed by atoms with Gasteiger partial charge in [-0.2, -0.15) is 0 Å². The standard InChI is InChI=1S/C22H32N4O2/c1-15(2)18-7-8-20-19(13-18)22(28)25(14-24-20)11-9-21(27)23-10-12-26(16(3)4)17(5)6/h7-9,11,13-17H,10,12H2,1-6H3,(H,23,27). The summed E-state index contributed by atoms with van der Waals surface area (Å²) in [6, 6.07) is 6.58. The van der Waals surface area contributed by atoms with Crippen LogP contribution in [0.15, 0.2) is 35.4 Å². The van der Waals surface area contributed by atoms with Gasteiger partial charge in [0.1, 0.15) is 6.33 Å². The Kier molecular flexibility index (Phi) is 7.52. The van der Waals surface area contributed by atoms with E-state index in [-0.39, 0.29) is 11.5 Å². The molecular formula is C22H32N4O2. The summed E-state index contributed by atoms with van der Waals surface area (Å²) in [5, 5.41) is 3.43. The number of benzene rings is 1. The van der Waals surface area contributed by atoms with E-state index in [1.807, 2.05) is 18.2 Å². The summed E-state index contributed by atoms with van der Waals surface area (Å²) in [6.45, 7) is 14.1. The van der Waals surface area contributed by atoms with Crippen LogP contribution in [0.25, 0.3) is 17.1 Å². The third-order valence-electron chi connectivity index (χ3n) is 4.86. The average molecular weight is 385 g/mol. The second kappa shape index (κ2) is 9.64. The highest BCUT2D eigenvalue weighted by Crippen LogP contribution is 2.17. The van der Waals surface area contributed by atoms with Gasteiger partial charge in [-0.05, 0) is 51.3 Å². The zero-order valence-electron chi connectivity index (χ0n) is 17.8. The van der Waals surface area contributed by atoms with E-state index in [1.165, 1.54) is 23.2 Å². The van der Waals surface area contributed by atoms with E-state index in [0.29, 0.717) is 35.4 Å². The largest absolute Gasteiger partial charge is 0.351 e. The van der Waals surface area contributed by atoms with Gasteiger partial charge in [-0.15, -0.1) is 0 Å². The van der Waals surface area contributed by atoms with Crippen molar-refractivity contribution in [1.82, 2.24) is 19.8 Å². The first-order valence-electron chi connectivity index (χ1n) is 9.93. The van der Waals surface area contributed by atoms with Crippen molar-refractivity contribution in [2.75, 3.05) is 13.1 Å². The van der Waals surface area contributed by atoms with Gasteiger partial charge in [0.25, 0.3) is 5.56 Å². The molecule has 0 aliphatic carbocycles. The summed E-state index contributed by atoms with van der Waals surface area (Å²) >= 11 is 0. The van der Waals surface area contributed by atoms with Gasteiger partial charge < -0.3 is 5.32 Å². The lowest BCUT2D eigenvalue weighted by molar-refractivity contribution is -0.116. The summed E-state index contributed by atoms with van der Waals surface area (Å²) in [7, 11) is 0. The van der Waals surface area contributed by atoms with E-state index < -0.39 is 0 Å². The van der Waals surface area contributed by atoms with Crippen molar-refractivity contribution in [2.24, 2.45) is 0 Å². The van der Waals surface area contributed by atoms with Crippen molar-refractivity contribution in [1.29, 1.82) is 0 Å². The predicted molar refractivity (Wildman–Crippen MR) is 115 cm³/mol. The number of carbonyl (C=O) groups is 1. The zero-order chi connectivity index (χ0) is 20.8. The molecule has 6 heteroatoms. The number of nitrogens with one attached hydrogen (secondary N) is 1. The van der Waals surface area contributed by atoms with Crippen molar-refractivity contribution in [3.05, 3.63) is 46.5 Å². The van der Waals surface area contributed by atoms with Crippen molar-refractivity contribution in [3.63, 3.8) is 0 Å². The Labute approximate surface area is 167 Å². The fourth-order valence-corrected chi connectivity index (χ4v) is 3.25. The maximum Gasteiger partial charge on any atom is 0.265 e. The smallest absolute Gasteiger partial charge is 0.265 e. The number of nitrogens with zero attached hydrogens (tertiary/aromatic N) is 3. The fourth-order valence-electron chi connectivity index (χ4n) is 3.25. The molecule has 1 aromatic heterocycles. The molecule has 0 spiro atoms. The van der Waals surface area contributed by atoms with Crippen LogP contribution in [0.1, 0.15) is 53.0 Å². The minimum atomic E-state index is -0.226. The lowest BCUT2D eigenvalue weighted by atomic mass is 10.0. The Morgan fingerprint density at radius 2 is 1.86 bits per heavy atom. The maximum atomic E-state index is 12.7. The highest BCUT2D eigenvalue weighted by Gasteiger charge is 2.12. The Morgan fingerprint density at radius 1 is 1.18 bits per heavy atom. The van der Waals surface area contributed by atoms with E-state index in [9.17, 15) is 9.59 Å². The maximum absolute atomic E-state index is 12.7. The molecule has 1 aromatic carbocycles. The van der Waals surface area contributed by atoms with Gasteiger partial charge in [0, 0.05) is 37.4 Å². The number of hydrogen-bond acceptors (Lipinski definition) is 4. The minimum absolute atomic E-state index is 0.178. The molecule has 0 aliphatic heterocycles. The first-order chi connectivity index (χ1) is 13.2. The summed E-state index contributed by atoms with van der Waals surface area (Å²) in [5.41, 5.74) is 1.57. The quantitative estimate of drug-likeness (QED) is 0.710. The molecule has 1 N–H and O–H groups in total. The second-order valence-corrected chi connectivity index (χ2v) is 7.92. The van der Waals surface area contributed by atoms with Crippen LogP contribution in [-0.2, 0) is 4.79 Å². The lowest BCUT2D eigenvalue weighted by Crippen LogP contribution is -2.42. The molecule has 0 fully saturated rings. The Bertz CT molecular complexity index is 889. The molecule has 0 saturated heterocycles. The number of carbonyl (C=O) groups excluding carboxylic acids is 1. The number of fused-ring (bicyclic) bond motifs is 1. The number of hydrogen-bond donors (Lipinski definition) is 1. The third kappa shape index (κ3) is 5.52. The fraction of sp³-hybridized carbons (Fsp3) is 0.500. The van der Waals surface area contributed by atoms with Crippen LogP contribution >= 0.6 is 0 Å². The van der Waals surface area contributed by atoms with Gasteiger partial charge in [0.05, 0.1) is 10.9 Å². The molecule has 1 heterocycles. The molecular weight excluding hydrogens is 352 g/mol. The summed E-state index contributed by atoms with van der Waals surface area (Å²) < 4.78 is 1.35. The van der Waals surface area contributed by atoms with Crippen LogP contribution in [0.5, 0.6) is 0 Å². The predicted octanol–water partition coefficient (Wildman–Crippen LogP) is 3.23. The van der Waals surface area contributed by atoms with Crippen molar-refractivity contribution in [3.8, 4) is 0 Å². The molecule has 0 aliphatic rings. The average Bonchev–Trinajstić information content (AvgIpc) is 2.63. The zero-order valence-corrected chi connectivity index (χ0v) is 17.8. The molecule has 152 valence electrons. The van der Waals surface area contributed by atoms with Crippen LogP contribution in [0, 0.1) is 0 Å². The molecule has 0 bridgehead atoms. The Morgan fingerprint density at radius 3 is 2.46 bits per heavy atom. The normalized spacial score (nSPS) is 12.2. The highest BCUT2D eigenvalue weighted by atomic mass is 16.1. The molecule has 0 saturated carbocycles. The summed E-state index contributed by atoms with van der Waals surface area (Å²) in [5.74, 6) is 0.102. The van der Waals surface area contributed by atoms with E-state index in [2.05, 4.69) is 56.7 Å². The molecule has 2 rings (SSSR count). The SMILES string of the molecule is CC(C)c1ccc2ncn(C=CC(=O)NCCN(C(C)C)C(C)C)c(=O)c2c1. The number of amides is 1. The van der Waals surface area contributed by atoms with Gasteiger partial charge in [-0.3, -0.25) is 19.1 Å². The second-order valence-electron chi connectivity index (χ2n) is 7.92. The Hall–Kier alpha value is -2.47. The first-order valence-corrected chi connectivity index (χ1v) is 9.93. The first kappa shape index (κ1) is 21.8. The van der Waals surface area contributed by atoms with Gasteiger partial charge in [0.2, 0.25) is 5.91 Å². The number of rotatable bonds is 8. The van der Waals surface area contributed by atoms with Crippen molar-refractivity contribution < 1.29 is 4.79 Å². The van der Waals surface area contributed by atoms with E-state index in [0.717, 1.165) is 12.1 Å². The van der Waals surface area contributed by atoms with Crippen LogP contribution in [0.3, 0.4) is 0 Å². The minimum Gasteiger partial charge on any atom is -0.351 e. The molecule has 28 heavy (non-hydrogen) atoms. The van der Waals surface area contributed by atoms with Crippen molar-refractivity contribution >= 4 is 23.0 Å². The monoisotopic (exact) mass is 384 g/mol. The van der Waals surface area contributed by atoms with E-state index in [4.69, 9.17) is 0 Å². The van der Waals surface area contributed by atoms with Crippen molar-refractivity contribution in [2.45, 2.75) is 59.5 Å². The summed E-state index contributed by atoms with van der Waals surface area (Å²) in [4.78, 5) is 31.4. The Balaban J connectivity index is 2.07. The van der Waals surface area contributed by atoms with Gasteiger partial charge in [0.15, 0.2) is 0 Å². The molecule has 0 unspecified atom stereocenters. The van der Waals surface area contributed by atoms with Crippen LogP contribution < -0.4 is 10.9 Å². The van der Waals surface area contributed by atoms with Gasteiger partial charge in [-0.25, -0.2) is 4.98 Å². The van der Waals surface area contributed by atoms with Gasteiger partial charge >= 0.3 is 0 Å². The van der Waals surface area contributed by atoms with Crippen LogP contribution in [0.2, 0.25) is 0 Å². The third-order valence-corrected chi connectivity index (χ3v) is 4.86. The molecule has 1 amide bonds. The topological polar surface area (TPSA) is 67.2 Å². The van der Waals surface area contributed by atoms with Crippen LogP contribution in [-0.4, -0.2) is 45.5 Å². The molecule has 0 radical (unpaired) electrons. The summed E-state index contributed by atoms with van der Waals surface area (Å²) in [6.07, 6.45) is 4.29. The molecule has 2 aromatic rings. The highest BCUT2D eigenvalue weighted by molar-refractivity contribution is 5.90. The number of aromatic nitrogens is 2. The van der Waals surface area contributed by atoms with Crippen LogP contribution in [0.4, 0.5) is 0 Å². The van der Waals surface area contributed by atoms with E-state index >= 15 is 0 Å². The van der Waals surface area contributed by atoms with Gasteiger partial charge in [-0.1, -0.05) is 19.9 Å². The van der Waals surface area contributed by atoms with E-state index in [1.54, 1.807) is 0 Å².